The van der Waals surface area contributed by atoms with Gasteiger partial charge in [0.15, 0.2) is 11.9 Å². The summed E-state index contributed by atoms with van der Waals surface area (Å²) in [6.07, 6.45) is 1.51. The summed E-state index contributed by atoms with van der Waals surface area (Å²) in [7, 11) is 1.58. The van der Waals surface area contributed by atoms with Gasteiger partial charge in [0.25, 0.3) is 0 Å². The molecule has 4 atom stereocenters. The van der Waals surface area contributed by atoms with E-state index in [0.29, 0.717) is 35.4 Å². The van der Waals surface area contributed by atoms with Crippen LogP contribution in [0.4, 0.5) is 16.4 Å². The number of rotatable bonds is 6. The highest BCUT2D eigenvalue weighted by molar-refractivity contribution is 5.84. The van der Waals surface area contributed by atoms with Gasteiger partial charge in [-0.3, -0.25) is 5.32 Å². The molecule has 2 fully saturated rings. The van der Waals surface area contributed by atoms with Gasteiger partial charge in [-0.2, -0.15) is 0 Å². The van der Waals surface area contributed by atoms with Crippen LogP contribution in [0, 0.1) is 0 Å². The quantitative estimate of drug-likeness (QED) is 0.599. The molecule has 2 saturated heterocycles. The summed E-state index contributed by atoms with van der Waals surface area (Å²) < 4.78 is 27.8. The van der Waals surface area contributed by atoms with Crippen LogP contribution in [0.2, 0.25) is 0 Å². The van der Waals surface area contributed by atoms with Crippen molar-refractivity contribution in [2.24, 2.45) is 0 Å². The minimum Gasteiger partial charge on any atom is -0.497 e. The Morgan fingerprint density at radius 1 is 1.09 bits per heavy atom. The molecule has 2 aliphatic heterocycles. The highest BCUT2D eigenvalue weighted by Crippen LogP contribution is 2.31. The number of methoxy groups -OCH3 is 1. The van der Waals surface area contributed by atoms with E-state index in [1.54, 1.807) is 56.0 Å². The number of fused-ring (bicyclic) bond motifs is 1. The SMILES string of the molecule is COc1ccc(NC(=O)OC2COC3C(Nc4nccc(-c5ccco5)n4)COC23)cc1. The summed E-state index contributed by atoms with van der Waals surface area (Å²) in [4.78, 5) is 21.1. The van der Waals surface area contributed by atoms with Crippen LogP contribution >= 0.6 is 0 Å². The molecule has 166 valence electrons. The summed E-state index contributed by atoms with van der Waals surface area (Å²) in [5.74, 6) is 1.80. The molecule has 0 radical (unpaired) electrons. The average molecular weight is 438 g/mol. The number of hydrogen-bond donors (Lipinski definition) is 2. The zero-order valence-corrected chi connectivity index (χ0v) is 17.3. The Balaban J connectivity index is 1.17. The van der Waals surface area contributed by atoms with Crippen LogP contribution < -0.4 is 15.4 Å². The van der Waals surface area contributed by atoms with E-state index in [0.717, 1.165) is 0 Å². The van der Waals surface area contributed by atoms with E-state index in [1.807, 2.05) is 6.07 Å². The number of carbonyl (C=O) groups excluding carboxylic acids is 1. The van der Waals surface area contributed by atoms with Gasteiger partial charge in [-0.1, -0.05) is 0 Å². The van der Waals surface area contributed by atoms with Crippen molar-refractivity contribution in [2.45, 2.75) is 24.4 Å². The fourth-order valence-electron chi connectivity index (χ4n) is 3.80. The van der Waals surface area contributed by atoms with Crippen molar-refractivity contribution in [1.29, 1.82) is 0 Å². The lowest BCUT2D eigenvalue weighted by Gasteiger charge is -2.18. The second kappa shape index (κ2) is 8.85. The molecule has 4 unspecified atom stereocenters. The van der Waals surface area contributed by atoms with Gasteiger partial charge in [0.2, 0.25) is 5.95 Å². The average Bonchev–Trinajstić information content (AvgIpc) is 3.55. The van der Waals surface area contributed by atoms with E-state index < -0.39 is 12.2 Å². The van der Waals surface area contributed by atoms with Crippen molar-refractivity contribution >= 4 is 17.7 Å². The van der Waals surface area contributed by atoms with E-state index in [9.17, 15) is 4.79 Å². The fourth-order valence-corrected chi connectivity index (χ4v) is 3.80. The van der Waals surface area contributed by atoms with Crippen LogP contribution in [0.3, 0.4) is 0 Å². The minimum absolute atomic E-state index is 0.176. The number of hydrogen-bond acceptors (Lipinski definition) is 9. The molecule has 2 aliphatic rings. The van der Waals surface area contributed by atoms with Crippen molar-refractivity contribution in [2.75, 3.05) is 31.0 Å². The Morgan fingerprint density at radius 3 is 2.72 bits per heavy atom. The Morgan fingerprint density at radius 2 is 1.94 bits per heavy atom. The molecule has 2 aromatic heterocycles. The number of benzene rings is 1. The Labute approximate surface area is 183 Å². The van der Waals surface area contributed by atoms with E-state index in [4.69, 9.17) is 23.4 Å². The van der Waals surface area contributed by atoms with E-state index >= 15 is 0 Å². The summed E-state index contributed by atoms with van der Waals surface area (Å²) in [5, 5.41) is 5.96. The molecule has 4 heterocycles. The monoisotopic (exact) mass is 438 g/mol. The molecule has 1 aromatic carbocycles. The largest absolute Gasteiger partial charge is 0.497 e. The van der Waals surface area contributed by atoms with Crippen molar-refractivity contribution in [3.63, 3.8) is 0 Å². The third kappa shape index (κ3) is 4.23. The predicted molar refractivity (Wildman–Crippen MR) is 114 cm³/mol. The van der Waals surface area contributed by atoms with Gasteiger partial charge in [0.1, 0.15) is 23.7 Å². The second-order valence-corrected chi connectivity index (χ2v) is 7.39. The van der Waals surface area contributed by atoms with Crippen molar-refractivity contribution in [3.8, 4) is 17.2 Å². The van der Waals surface area contributed by atoms with Gasteiger partial charge in [-0.05, 0) is 42.5 Å². The van der Waals surface area contributed by atoms with Gasteiger partial charge in [0.05, 0.1) is 32.6 Å². The molecular weight excluding hydrogens is 416 g/mol. The van der Waals surface area contributed by atoms with Crippen molar-refractivity contribution in [3.05, 3.63) is 54.9 Å². The van der Waals surface area contributed by atoms with Crippen LogP contribution in [0.25, 0.3) is 11.5 Å². The first-order valence-corrected chi connectivity index (χ1v) is 10.2. The maximum Gasteiger partial charge on any atom is 0.412 e. The van der Waals surface area contributed by atoms with Gasteiger partial charge in [-0.25, -0.2) is 14.8 Å². The van der Waals surface area contributed by atoms with Crippen LogP contribution in [0.5, 0.6) is 5.75 Å². The second-order valence-electron chi connectivity index (χ2n) is 7.39. The van der Waals surface area contributed by atoms with Crippen LogP contribution in [0.1, 0.15) is 0 Å². The minimum atomic E-state index is -0.570. The first-order chi connectivity index (χ1) is 15.7. The number of furan rings is 1. The van der Waals surface area contributed by atoms with E-state index in [2.05, 4.69) is 20.6 Å². The van der Waals surface area contributed by atoms with Crippen molar-refractivity contribution < 1.29 is 28.2 Å². The summed E-state index contributed by atoms with van der Waals surface area (Å²) in [6.45, 7) is 0.625. The molecule has 0 saturated carbocycles. The molecule has 0 bridgehead atoms. The highest BCUT2D eigenvalue weighted by atomic mass is 16.6. The molecule has 10 heteroatoms. The third-order valence-corrected chi connectivity index (χ3v) is 5.35. The number of nitrogens with zero attached hydrogens (tertiary/aromatic N) is 2. The number of amides is 1. The third-order valence-electron chi connectivity index (χ3n) is 5.35. The topological polar surface area (TPSA) is 117 Å². The zero-order valence-electron chi connectivity index (χ0n) is 17.3. The number of carbonyl (C=O) groups is 1. The van der Waals surface area contributed by atoms with Crippen LogP contribution in [-0.2, 0) is 14.2 Å². The smallest absolute Gasteiger partial charge is 0.412 e. The van der Waals surface area contributed by atoms with Crippen LogP contribution in [0.15, 0.2) is 59.3 Å². The van der Waals surface area contributed by atoms with Gasteiger partial charge in [0, 0.05) is 11.9 Å². The predicted octanol–water partition coefficient (Wildman–Crippen LogP) is 2.94. The van der Waals surface area contributed by atoms with E-state index in [-0.39, 0.29) is 24.9 Å². The molecule has 5 rings (SSSR count). The zero-order chi connectivity index (χ0) is 21.9. The molecule has 0 spiro atoms. The molecule has 32 heavy (non-hydrogen) atoms. The lowest BCUT2D eigenvalue weighted by Crippen LogP contribution is -2.38. The van der Waals surface area contributed by atoms with Gasteiger partial charge >= 0.3 is 6.09 Å². The maximum absolute atomic E-state index is 12.3. The van der Waals surface area contributed by atoms with Gasteiger partial charge < -0.3 is 28.7 Å². The normalized spacial score (nSPS) is 24.0. The molecule has 0 aliphatic carbocycles. The first-order valence-electron chi connectivity index (χ1n) is 10.2. The maximum atomic E-state index is 12.3. The van der Waals surface area contributed by atoms with Crippen molar-refractivity contribution in [1.82, 2.24) is 9.97 Å². The Hall–Kier alpha value is -3.63. The molecule has 1 amide bonds. The number of ether oxygens (including phenoxy) is 4. The van der Waals surface area contributed by atoms with Crippen LogP contribution in [-0.4, -0.2) is 60.7 Å². The Bertz CT molecular complexity index is 1060. The van der Waals surface area contributed by atoms with Gasteiger partial charge in [-0.15, -0.1) is 0 Å². The number of aromatic nitrogens is 2. The van der Waals surface area contributed by atoms with E-state index in [1.165, 1.54) is 0 Å². The molecular formula is C22H22N4O6. The number of nitrogens with one attached hydrogen (secondary N) is 2. The summed E-state index contributed by atoms with van der Waals surface area (Å²) in [6, 6.07) is 12.2. The Kier molecular flexibility index (Phi) is 5.61. The highest BCUT2D eigenvalue weighted by Gasteiger charge is 2.49. The summed E-state index contributed by atoms with van der Waals surface area (Å²) in [5.41, 5.74) is 1.28. The first kappa shape index (κ1) is 20.3. The lowest BCUT2D eigenvalue weighted by atomic mass is 10.1. The lowest BCUT2D eigenvalue weighted by molar-refractivity contribution is 0.00917. The standard InChI is InChI=1S/C22H22N4O6/c1-28-14-6-4-13(5-7-14)24-22(27)32-18-12-31-19-16(11-30-20(18)19)26-21-23-9-8-15(25-21)17-3-2-10-29-17/h2-10,16,18-20H,11-12H2,1H3,(H,24,27)(H,23,25,26). The molecule has 2 N–H and O–H groups in total. The molecule has 10 nitrogen and oxygen atoms in total. The summed E-state index contributed by atoms with van der Waals surface area (Å²) >= 11 is 0. The number of anilines is 2. The molecule has 3 aromatic rings. The fraction of sp³-hybridized carbons (Fsp3) is 0.318.